The van der Waals surface area contributed by atoms with E-state index in [0.717, 1.165) is 4.90 Å². The van der Waals surface area contributed by atoms with Crippen LogP contribution in [-0.4, -0.2) is 29.4 Å². The molecular formula is C26H19BrClN3O7. The number of hydrogen-bond donors (Lipinski definition) is 1. The summed E-state index contributed by atoms with van der Waals surface area (Å²) in [5.74, 6) is -0.923. The predicted molar refractivity (Wildman–Crippen MR) is 143 cm³/mol. The van der Waals surface area contributed by atoms with Gasteiger partial charge >= 0.3 is 6.03 Å². The van der Waals surface area contributed by atoms with Gasteiger partial charge in [0, 0.05) is 21.6 Å². The highest BCUT2D eigenvalue weighted by molar-refractivity contribution is 9.10. The van der Waals surface area contributed by atoms with Crippen molar-refractivity contribution >= 4 is 62.8 Å². The minimum Gasteiger partial charge on any atom is -0.490 e. The zero-order valence-electron chi connectivity index (χ0n) is 19.8. The summed E-state index contributed by atoms with van der Waals surface area (Å²) in [6.07, 6.45) is 1.35. The van der Waals surface area contributed by atoms with Gasteiger partial charge in [-0.15, -0.1) is 0 Å². The maximum absolute atomic E-state index is 13.2. The molecule has 12 heteroatoms. The molecule has 10 nitrogen and oxygen atoms in total. The Balaban J connectivity index is 1.62. The number of nitro benzene ring substituents is 1. The minimum absolute atomic E-state index is 0.0264. The van der Waals surface area contributed by atoms with Crippen LogP contribution in [0.4, 0.5) is 16.2 Å². The molecule has 3 aromatic rings. The Morgan fingerprint density at radius 1 is 1.03 bits per heavy atom. The zero-order valence-corrected chi connectivity index (χ0v) is 22.1. The van der Waals surface area contributed by atoms with Crippen LogP contribution in [0.5, 0.6) is 11.5 Å². The number of anilines is 1. The number of urea groups is 1. The molecule has 0 spiro atoms. The smallest absolute Gasteiger partial charge is 0.335 e. The van der Waals surface area contributed by atoms with Gasteiger partial charge in [-0.2, -0.15) is 0 Å². The van der Waals surface area contributed by atoms with Crippen molar-refractivity contribution in [3.05, 3.63) is 97.0 Å². The average Bonchev–Trinajstić information content (AvgIpc) is 2.88. The number of nitrogens with zero attached hydrogens (tertiary/aromatic N) is 2. The van der Waals surface area contributed by atoms with E-state index in [4.69, 9.17) is 21.1 Å². The normalized spacial score (nSPS) is 14.4. The van der Waals surface area contributed by atoms with Gasteiger partial charge < -0.3 is 9.47 Å². The number of barbiturate groups is 1. The Morgan fingerprint density at radius 2 is 1.68 bits per heavy atom. The number of ether oxygens (including phenoxy) is 2. The fourth-order valence-electron chi connectivity index (χ4n) is 3.56. The van der Waals surface area contributed by atoms with Crippen molar-refractivity contribution in [2.45, 2.75) is 13.5 Å². The van der Waals surface area contributed by atoms with Crippen molar-refractivity contribution in [1.82, 2.24) is 5.32 Å². The maximum atomic E-state index is 13.2. The van der Waals surface area contributed by atoms with Crippen LogP contribution in [0.1, 0.15) is 18.1 Å². The first-order chi connectivity index (χ1) is 18.2. The number of benzene rings is 3. The van der Waals surface area contributed by atoms with Crippen LogP contribution in [0.15, 0.2) is 70.7 Å². The van der Waals surface area contributed by atoms with Gasteiger partial charge in [-0.25, -0.2) is 9.69 Å². The van der Waals surface area contributed by atoms with E-state index in [2.05, 4.69) is 21.2 Å². The number of nitrogens with one attached hydrogen (secondary N) is 1. The molecule has 4 rings (SSSR count). The first-order valence-electron chi connectivity index (χ1n) is 11.2. The highest BCUT2D eigenvalue weighted by Gasteiger charge is 2.37. The molecule has 0 aliphatic carbocycles. The van der Waals surface area contributed by atoms with Crippen molar-refractivity contribution < 1.29 is 28.8 Å². The second kappa shape index (κ2) is 11.4. The van der Waals surface area contributed by atoms with Crippen molar-refractivity contribution in [2.24, 2.45) is 0 Å². The molecule has 0 atom stereocenters. The first-order valence-corrected chi connectivity index (χ1v) is 12.3. The highest BCUT2D eigenvalue weighted by Crippen LogP contribution is 2.36. The molecule has 0 radical (unpaired) electrons. The van der Waals surface area contributed by atoms with Crippen molar-refractivity contribution in [1.29, 1.82) is 0 Å². The molecule has 1 heterocycles. The predicted octanol–water partition coefficient (Wildman–Crippen LogP) is 5.65. The number of halogens is 2. The lowest BCUT2D eigenvalue weighted by atomic mass is 10.1. The zero-order chi connectivity index (χ0) is 27.4. The number of imide groups is 2. The standard InChI is InChI=1S/C26H19BrClN3O7/c1-2-37-22-12-16(21(27)13-23(22)38-14-15-3-7-19(8-4-15)31(35)36)11-20-24(32)29-26(34)30(25(20)33)18-9-5-17(28)6-10-18/h3-13H,2,14H2,1H3,(H,29,32,34)/b20-11+. The average molecular weight is 601 g/mol. The van der Waals surface area contributed by atoms with Crippen LogP contribution < -0.4 is 19.7 Å². The lowest BCUT2D eigenvalue weighted by Gasteiger charge is -2.26. The first kappa shape index (κ1) is 26.8. The maximum Gasteiger partial charge on any atom is 0.335 e. The van der Waals surface area contributed by atoms with E-state index >= 15 is 0 Å². The van der Waals surface area contributed by atoms with Gasteiger partial charge in [-0.3, -0.25) is 25.0 Å². The van der Waals surface area contributed by atoms with E-state index in [1.165, 1.54) is 42.5 Å². The third-order valence-electron chi connectivity index (χ3n) is 5.39. The molecule has 0 unspecified atom stereocenters. The quantitative estimate of drug-likeness (QED) is 0.153. The topological polar surface area (TPSA) is 128 Å². The van der Waals surface area contributed by atoms with Crippen LogP contribution in [-0.2, 0) is 16.2 Å². The molecule has 1 fully saturated rings. The number of nitro groups is 1. The van der Waals surface area contributed by atoms with Crippen LogP contribution in [0.3, 0.4) is 0 Å². The highest BCUT2D eigenvalue weighted by atomic mass is 79.9. The lowest BCUT2D eigenvalue weighted by Crippen LogP contribution is -2.54. The van der Waals surface area contributed by atoms with E-state index in [1.807, 2.05) is 0 Å². The largest absolute Gasteiger partial charge is 0.490 e. The Kier molecular flexibility index (Phi) is 8.08. The third-order valence-corrected chi connectivity index (χ3v) is 6.33. The summed E-state index contributed by atoms with van der Waals surface area (Å²) >= 11 is 9.34. The third kappa shape index (κ3) is 5.84. The van der Waals surface area contributed by atoms with Gasteiger partial charge in [-0.05, 0) is 72.7 Å². The van der Waals surface area contributed by atoms with Crippen LogP contribution in [0.2, 0.25) is 5.02 Å². The minimum atomic E-state index is -0.872. The molecule has 1 N–H and O–H groups in total. The van der Waals surface area contributed by atoms with Gasteiger partial charge in [0.25, 0.3) is 17.5 Å². The molecule has 4 amide bonds. The Morgan fingerprint density at radius 3 is 2.32 bits per heavy atom. The van der Waals surface area contributed by atoms with Crippen molar-refractivity contribution in [3.8, 4) is 11.5 Å². The summed E-state index contributed by atoms with van der Waals surface area (Å²) in [6.45, 7) is 2.21. The summed E-state index contributed by atoms with van der Waals surface area (Å²) < 4.78 is 12.1. The van der Waals surface area contributed by atoms with E-state index in [-0.39, 0.29) is 23.6 Å². The fraction of sp³-hybridized carbons (Fsp3) is 0.115. The molecule has 1 saturated heterocycles. The summed E-state index contributed by atoms with van der Waals surface area (Å²) in [7, 11) is 0. The lowest BCUT2D eigenvalue weighted by molar-refractivity contribution is -0.384. The summed E-state index contributed by atoms with van der Waals surface area (Å²) in [5, 5.41) is 13.5. The Bertz CT molecular complexity index is 1460. The number of non-ortho nitro benzene ring substituents is 1. The molecular weight excluding hydrogens is 582 g/mol. The molecule has 0 saturated carbocycles. The van der Waals surface area contributed by atoms with Crippen molar-refractivity contribution in [3.63, 3.8) is 0 Å². The van der Waals surface area contributed by atoms with Gasteiger partial charge in [0.15, 0.2) is 11.5 Å². The van der Waals surface area contributed by atoms with Gasteiger partial charge in [0.2, 0.25) is 0 Å². The van der Waals surface area contributed by atoms with Crippen LogP contribution in [0, 0.1) is 10.1 Å². The van der Waals surface area contributed by atoms with Crippen LogP contribution >= 0.6 is 27.5 Å². The van der Waals surface area contributed by atoms with Crippen LogP contribution in [0.25, 0.3) is 6.08 Å². The van der Waals surface area contributed by atoms with Gasteiger partial charge in [0.1, 0.15) is 12.2 Å². The molecule has 1 aliphatic rings. The second-order valence-electron chi connectivity index (χ2n) is 7.90. The number of amides is 4. The van der Waals surface area contributed by atoms with E-state index in [9.17, 15) is 24.5 Å². The van der Waals surface area contributed by atoms with Crippen molar-refractivity contribution in [2.75, 3.05) is 11.5 Å². The molecule has 38 heavy (non-hydrogen) atoms. The van der Waals surface area contributed by atoms with E-state index in [0.29, 0.717) is 38.7 Å². The fourth-order valence-corrected chi connectivity index (χ4v) is 4.12. The summed E-state index contributed by atoms with van der Waals surface area (Å²) in [6, 6.07) is 14.3. The monoisotopic (exact) mass is 599 g/mol. The molecule has 3 aromatic carbocycles. The van der Waals surface area contributed by atoms with E-state index in [1.54, 1.807) is 31.2 Å². The van der Waals surface area contributed by atoms with Gasteiger partial charge in [0.05, 0.1) is 17.2 Å². The SMILES string of the molecule is CCOc1cc(/C=C2\C(=O)NC(=O)N(c3ccc(Cl)cc3)C2=O)c(Br)cc1OCc1ccc([N+](=O)[O-])cc1. The number of carbonyl (C=O) groups is 3. The Hall–Kier alpha value is -4.22. The van der Waals surface area contributed by atoms with Gasteiger partial charge in [-0.1, -0.05) is 27.5 Å². The number of rotatable bonds is 8. The molecule has 0 aromatic heterocycles. The summed E-state index contributed by atoms with van der Waals surface area (Å²) in [5.41, 5.74) is 1.10. The molecule has 0 bridgehead atoms. The van der Waals surface area contributed by atoms with E-state index < -0.39 is 22.8 Å². The number of carbonyl (C=O) groups excluding carboxylic acids is 3. The second-order valence-corrected chi connectivity index (χ2v) is 9.19. The number of hydrogen-bond acceptors (Lipinski definition) is 7. The Labute approximate surface area is 230 Å². The molecule has 1 aliphatic heterocycles. The summed E-state index contributed by atoms with van der Waals surface area (Å²) in [4.78, 5) is 49.4. The molecule has 194 valence electrons.